The summed E-state index contributed by atoms with van der Waals surface area (Å²) in [4.78, 5) is 2.78. The van der Waals surface area contributed by atoms with Gasteiger partial charge in [0.15, 0.2) is 0 Å². The lowest BCUT2D eigenvalue weighted by Crippen LogP contribution is -2.47. The maximum absolute atomic E-state index is 13.3. The Morgan fingerprint density at radius 1 is 1.05 bits per heavy atom. The third kappa shape index (κ3) is 3.07. The molecule has 3 rings (SSSR count). The van der Waals surface area contributed by atoms with Crippen LogP contribution in [-0.2, 0) is 10.0 Å². The normalized spacial score (nSPS) is 21.5. The molecule has 2 aliphatic rings. The van der Waals surface area contributed by atoms with E-state index in [0.717, 1.165) is 49.9 Å². The van der Waals surface area contributed by atoms with Gasteiger partial charge < -0.3 is 4.90 Å². The quantitative estimate of drug-likeness (QED) is 0.855. The summed E-state index contributed by atoms with van der Waals surface area (Å²) in [6.45, 7) is 5.81. The molecule has 1 saturated heterocycles. The van der Waals surface area contributed by atoms with E-state index in [4.69, 9.17) is 0 Å². The number of aryl methyl sites for hydroxylation is 2. The van der Waals surface area contributed by atoms with Crippen molar-refractivity contribution in [1.29, 1.82) is 0 Å². The van der Waals surface area contributed by atoms with Crippen LogP contribution in [0.25, 0.3) is 0 Å². The maximum atomic E-state index is 13.3. The summed E-state index contributed by atoms with van der Waals surface area (Å²) in [5.74, 6) is 0. The second kappa shape index (κ2) is 5.95. The zero-order chi connectivity index (χ0) is 15.9. The molecule has 1 saturated carbocycles. The molecular formula is C17H26N2O2S. The molecule has 0 spiro atoms. The van der Waals surface area contributed by atoms with Crippen molar-refractivity contribution >= 4 is 10.0 Å². The number of hydrogen-bond acceptors (Lipinski definition) is 3. The topological polar surface area (TPSA) is 40.6 Å². The largest absolute Gasteiger partial charge is 0.306 e. The van der Waals surface area contributed by atoms with E-state index in [9.17, 15) is 8.42 Å². The standard InChI is InChI=1S/C17H26N2O2S/c1-13-4-5-14(2)17(12-13)22(20,21)19(15-6-7-15)16-8-10-18(3)11-9-16/h4-5,12,15-16H,6-11H2,1-3H3. The number of rotatable bonds is 4. The van der Waals surface area contributed by atoms with Gasteiger partial charge in [0.05, 0.1) is 4.90 Å². The van der Waals surface area contributed by atoms with Crippen LogP contribution in [0.4, 0.5) is 0 Å². The van der Waals surface area contributed by atoms with E-state index < -0.39 is 10.0 Å². The van der Waals surface area contributed by atoms with Crippen molar-refractivity contribution in [3.8, 4) is 0 Å². The summed E-state index contributed by atoms with van der Waals surface area (Å²) < 4.78 is 28.4. The Balaban J connectivity index is 1.95. The fourth-order valence-corrected chi connectivity index (χ4v) is 5.61. The Morgan fingerprint density at radius 3 is 2.23 bits per heavy atom. The van der Waals surface area contributed by atoms with E-state index in [1.54, 1.807) is 0 Å². The first-order valence-corrected chi connectivity index (χ1v) is 9.63. The van der Waals surface area contributed by atoms with Gasteiger partial charge in [-0.25, -0.2) is 8.42 Å². The van der Waals surface area contributed by atoms with Crippen molar-refractivity contribution in [2.45, 2.75) is 56.5 Å². The predicted octanol–water partition coefficient (Wildman–Crippen LogP) is 2.55. The zero-order valence-corrected chi connectivity index (χ0v) is 14.6. The molecule has 22 heavy (non-hydrogen) atoms. The van der Waals surface area contributed by atoms with Crippen LogP contribution in [-0.4, -0.2) is 49.8 Å². The van der Waals surface area contributed by atoms with Crippen molar-refractivity contribution < 1.29 is 8.42 Å². The second-order valence-electron chi connectivity index (χ2n) is 6.87. The first-order chi connectivity index (χ1) is 10.4. The Bertz CT molecular complexity index is 645. The van der Waals surface area contributed by atoms with E-state index >= 15 is 0 Å². The molecule has 0 N–H and O–H groups in total. The van der Waals surface area contributed by atoms with Gasteiger partial charge in [0.25, 0.3) is 0 Å². The van der Waals surface area contributed by atoms with Crippen LogP contribution >= 0.6 is 0 Å². The van der Waals surface area contributed by atoms with E-state index in [1.807, 2.05) is 36.4 Å². The molecule has 1 aliphatic heterocycles. The Kier molecular flexibility index (Phi) is 4.32. The number of likely N-dealkylation sites (tertiary alicyclic amines) is 1. The van der Waals surface area contributed by atoms with Gasteiger partial charge in [0, 0.05) is 12.1 Å². The predicted molar refractivity (Wildman–Crippen MR) is 88.5 cm³/mol. The minimum absolute atomic E-state index is 0.161. The lowest BCUT2D eigenvalue weighted by atomic mass is 10.1. The Hall–Kier alpha value is -0.910. The van der Waals surface area contributed by atoms with E-state index in [-0.39, 0.29) is 12.1 Å². The fraction of sp³-hybridized carbons (Fsp3) is 0.647. The molecular weight excluding hydrogens is 296 g/mol. The van der Waals surface area contributed by atoms with Crippen LogP contribution < -0.4 is 0 Å². The van der Waals surface area contributed by atoms with Gasteiger partial charge in [0.2, 0.25) is 10.0 Å². The lowest BCUT2D eigenvalue weighted by molar-refractivity contribution is 0.178. The Morgan fingerprint density at radius 2 is 1.64 bits per heavy atom. The van der Waals surface area contributed by atoms with Crippen molar-refractivity contribution in [2.24, 2.45) is 0 Å². The summed E-state index contributed by atoms with van der Waals surface area (Å²) in [6, 6.07) is 6.11. The first-order valence-electron chi connectivity index (χ1n) is 8.19. The lowest BCUT2D eigenvalue weighted by Gasteiger charge is -2.37. The van der Waals surface area contributed by atoms with Gasteiger partial charge in [-0.05, 0) is 76.9 Å². The molecule has 0 amide bonds. The van der Waals surface area contributed by atoms with Gasteiger partial charge in [-0.2, -0.15) is 4.31 Å². The van der Waals surface area contributed by atoms with E-state index in [0.29, 0.717) is 4.90 Å². The molecule has 2 fully saturated rings. The number of hydrogen-bond donors (Lipinski definition) is 0. The summed E-state index contributed by atoms with van der Waals surface area (Å²) in [7, 11) is -1.29. The summed E-state index contributed by atoms with van der Waals surface area (Å²) >= 11 is 0. The molecule has 0 atom stereocenters. The van der Waals surface area contributed by atoms with Crippen LogP contribution in [0, 0.1) is 13.8 Å². The molecule has 0 aromatic heterocycles. The van der Waals surface area contributed by atoms with Crippen LogP contribution in [0.5, 0.6) is 0 Å². The van der Waals surface area contributed by atoms with Crippen molar-refractivity contribution in [1.82, 2.24) is 9.21 Å². The summed E-state index contributed by atoms with van der Waals surface area (Å²) in [5.41, 5.74) is 1.85. The molecule has 0 unspecified atom stereocenters. The van der Waals surface area contributed by atoms with Gasteiger partial charge in [-0.3, -0.25) is 0 Å². The van der Waals surface area contributed by atoms with Crippen LogP contribution in [0.1, 0.15) is 36.8 Å². The van der Waals surface area contributed by atoms with Crippen molar-refractivity contribution in [3.63, 3.8) is 0 Å². The number of nitrogens with zero attached hydrogens (tertiary/aromatic N) is 2. The number of benzene rings is 1. The molecule has 1 heterocycles. The van der Waals surface area contributed by atoms with Crippen LogP contribution in [0.3, 0.4) is 0 Å². The number of piperidine rings is 1. The monoisotopic (exact) mass is 322 g/mol. The van der Waals surface area contributed by atoms with Gasteiger partial charge in [0.1, 0.15) is 0 Å². The molecule has 1 aromatic rings. The second-order valence-corrected chi connectivity index (χ2v) is 8.68. The van der Waals surface area contributed by atoms with Gasteiger partial charge in [-0.15, -0.1) is 0 Å². The molecule has 0 radical (unpaired) electrons. The molecule has 0 bridgehead atoms. The van der Waals surface area contributed by atoms with Gasteiger partial charge >= 0.3 is 0 Å². The van der Waals surface area contributed by atoms with Gasteiger partial charge in [-0.1, -0.05) is 12.1 Å². The maximum Gasteiger partial charge on any atom is 0.243 e. The first kappa shape index (κ1) is 16.0. The highest BCUT2D eigenvalue weighted by Crippen LogP contribution is 2.37. The highest BCUT2D eigenvalue weighted by Gasteiger charge is 2.43. The highest BCUT2D eigenvalue weighted by molar-refractivity contribution is 7.89. The smallest absolute Gasteiger partial charge is 0.243 e. The van der Waals surface area contributed by atoms with E-state index in [1.165, 1.54) is 0 Å². The zero-order valence-electron chi connectivity index (χ0n) is 13.7. The fourth-order valence-electron chi connectivity index (χ4n) is 3.37. The minimum atomic E-state index is -3.39. The average Bonchev–Trinajstić information content (AvgIpc) is 3.28. The number of sulfonamides is 1. The third-order valence-corrected chi connectivity index (χ3v) is 7.00. The molecule has 1 aromatic carbocycles. The van der Waals surface area contributed by atoms with Crippen LogP contribution in [0.2, 0.25) is 0 Å². The summed E-state index contributed by atoms with van der Waals surface area (Å²) in [6.07, 6.45) is 3.90. The van der Waals surface area contributed by atoms with Crippen molar-refractivity contribution in [3.05, 3.63) is 29.3 Å². The SMILES string of the molecule is Cc1ccc(C)c(S(=O)(=O)N(C2CC2)C2CCN(C)CC2)c1. The van der Waals surface area contributed by atoms with E-state index in [2.05, 4.69) is 11.9 Å². The molecule has 122 valence electrons. The Labute approximate surface area is 134 Å². The third-order valence-electron chi connectivity index (χ3n) is 4.85. The summed E-state index contributed by atoms with van der Waals surface area (Å²) in [5, 5.41) is 0. The molecule has 1 aliphatic carbocycles. The molecule has 5 heteroatoms. The molecule has 4 nitrogen and oxygen atoms in total. The van der Waals surface area contributed by atoms with Crippen LogP contribution in [0.15, 0.2) is 23.1 Å². The minimum Gasteiger partial charge on any atom is -0.306 e. The highest BCUT2D eigenvalue weighted by atomic mass is 32.2. The van der Waals surface area contributed by atoms with Crippen molar-refractivity contribution in [2.75, 3.05) is 20.1 Å². The average molecular weight is 322 g/mol.